The molecule has 0 N–H and O–H groups in total. The van der Waals surface area contributed by atoms with E-state index in [4.69, 9.17) is 20.1 Å². The van der Waals surface area contributed by atoms with E-state index in [9.17, 15) is 4.79 Å². The Balaban J connectivity index is 1.84. The lowest BCUT2D eigenvalue weighted by atomic mass is 10.0. The number of hydrogen-bond acceptors (Lipinski definition) is 7. The molecular weight excluding hydrogens is 420 g/mol. The third-order valence-corrected chi connectivity index (χ3v) is 4.71. The zero-order chi connectivity index (χ0) is 23.6. The van der Waals surface area contributed by atoms with Crippen LogP contribution in [0.1, 0.15) is 42.6 Å². The Morgan fingerprint density at radius 3 is 2.70 bits per heavy atom. The lowest BCUT2D eigenvalue weighted by molar-refractivity contribution is 0.0751. The first-order valence-corrected chi connectivity index (χ1v) is 10.6. The van der Waals surface area contributed by atoms with Crippen LogP contribution in [0, 0.1) is 11.3 Å². The summed E-state index contributed by atoms with van der Waals surface area (Å²) in [6, 6.07) is 13.8. The molecule has 0 unspecified atom stereocenters. The minimum Gasteiger partial charge on any atom is -0.761 e. The number of azo groups is 1. The van der Waals surface area contributed by atoms with Gasteiger partial charge in [0, 0.05) is 17.7 Å². The van der Waals surface area contributed by atoms with Crippen LogP contribution in [-0.2, 0) is 0 Å². The third-order valence-electron chi connectivity index (χ3n) is 4.71. The van der Waals surface area contributed by atoms with Crippen LogP contribution in [0.3, 0.4) is 0 Å². The fourth-order valence-corrected chi connectivity index (χ4v) is 3.25. The van der Waals surface area contributed by atoms with Crippen LogP contribution < -0.4 is 9.47 Å². The first-order chi connectivity index (χ1) is 16.1. The first-order valence-electron chi connectivity index (χ1n) is 10.6. The molecule has 0 bridgehead atoms. The van der Waals surface area contributed by atoms with Crippen molar-refractivity contribution >= 4 is 23.2 Å². The number of rotatable bonds is 8. The highest BCUT2D eigenvalue weighted by molar-refractivity contribution is 6.03. The van der Waals surface area contributed by atoms with Gasteiger partial charge in [0.1, 0.15) is 6.07 Å². The Morgan fingerprint density at radius 2 is 1.97 bits per heavy atom. The second kappa shape index (κ2) is 11.4. The van der Waals surface area contributed by atoms with E-state index in [1.807, 2.05) is 32.0 Å². The molecule has 33 heavy (non-hydrogen) atoms. The highest BCUT2D eigenvalue weighted by Crippen LogP contribution is 2.30. The lowest BCUT2D eigenvalue weighted by Gasteiger charge is -2.24. The van der Waals surface area contributed by atoms with E-state index in [0.717, 1.165) is 24.1 Å². The van der Waals surface area contributed by atoms with E-state index < -0.39 is 0 Å². The fourth-order valence-electron chi connectivity index (χ4n) is 3.25. The fraction of sp³-hybridized carbons (Fsp3) is 0.292. The van der Waals surface area contributed by atoms with Crippen molar-refractivity contribution < 1.29 is 14.3 Å². The molecule has 1 aliphatic rings. The summed E-state index contributed by atoms with van der Waals surface area (Å²) in [5, 5.41) is 31.0. The van der Waals surface area contributed by atoms with Gasteiger partial charge in [0.15, 0.2) is 17.2 Å². The maximum atomic E-state index is 13.1. The SMILES string of the molecule is CCOc1ccc(C2=NN(C(=O)c3cccc(N=NC(=C=[N-])C#N)c3)CCC2)cc1OCC. The van der Waals surface area contributed by atoms with Gasteiger partial charge in [-0.05, 0) is 63.1 Å². The van der Waals surface area contributed by atoms with Crippen LogP contribution in [0.15, 0.2) is 63.5 Å². The molecule has 3 rings (SSSR count). The maximum Gasteiger partial charge on any atom is 0.274 e. The normalized spacial score (nSPS) is 13.1. The van der Waals surface area contributed by atoms with Crippen LogP contribution in [0.5, 0.6) is 11.5 Å². The molecule has 2 aromatic carbocycles. The van der Waals surface area contributed by atoms with Crippen molar-refractivity contribution in [3.05, 3.63) is 64.7 Å². The number of hydrazone groups is 1. The monoisotopic (exact) mass is 443 g/mol. The van der Waals surface area contributed by atoms with Gasteiger partial charge in [-0.3, -0.25) is 4.79 Å². The molecule has 0 aliphatic carbocycles. The molecule has 0 saturated heterocycles. The van der Waals surface area contributed by atoms with Crippen LogP contribution in [0.25, 0.3) is 5.41 Å². The third kappa shape index (κ3) is 5.91. The van der Waals surface area contributed by atoms with Gasteiger partial charge in [-0.25, -0.2) is 10.9 Å². The van der Waals surface area contributed by atoms with Crippen LogP contribution >= 0.6 is 0 Å². The summed E-state index contributed by atoms with van der Waals surface area (Å²) in [5.74, 6) is 2.68. The lowest BCUT2D eigenvalue weighted by Crippen LogP contribution is -2.32. The molecular formula is C24H23N6O3-. The number of amides is 1. The summed E-state index contributed by atoms with van der Waals surface area (Å²) < 4.78 is 11.3. The Morgan fingerprint density at radius 1 is 1.18 bits per heavy atom. The van der Waals surface area contributed by atoms with Crippen LogP contribution in [-0.4, -0.2) is 42.3 Å². The van der Waals surface area contributed by atoms with Crippen molar-refractivity contribution in [2.45, 2.75) is 26.7 Å². The van der Waals surface area contributed by atoms with Gasteiger partial charge in [0.25, 0.3) is 5.91 Å². The molecule has 1 amide bonds. The van der Waals surface area contributed by atoms with E-state index in [0.29, 0.717) is 42.5 Å². The zero-order valence-electron chi connectivity index (χ0n) is 18.5. The molecule has 9 nitrogen and oxygen atoms in total. The van der Waals surface area contributed by atoms with Gasteiger partial charge in [-0.1, -0.05) is 6.07 Å². The number of hydrogen-bond donors (Lipinski definition) is 0. The Labute approximate surface area is 192 Å². The summed E-state index contributed by atoms with van der Waals surface area (Å²) in [4.78, 5) is 13.1. The summed E-state index contributed by atoms with van der Waals surface area (Å²) in [6.45, 7) is 5.36. The van der Waals surface area contributed by atoms with Gasteiger partial charge in [0.05, 0.1) is 24.6 Å². The minimum atomic E-state index is -0.362. The van der Waals surface area contributed by atoms with E-state index in [-0.39, 0.29) is 11.6 Å². The van der Waals surface area contributed by atoms with Crippen LogP contribution in [0.2, 0.25) is 0 Å². The summed E-state index contributed by atoms with van der Waals surface area (Å²) in [6.07, 6.45) is 1.50. The van der Waals surface area contributed by atoms with Crippen molar-refractivity contribution in [2.24, 2.45) is 15.3 Å². The van der Waals surface area contributed by atoms with E-state index in [1.165, 1.54) is 5.01 Å². The average molecular weight is 443 g/mol. The average Bonchev–Trinajstić information content (AvgIpc) is 2.86. The van der Waals surface area contributed by atoms with Crippen LogP contribution in [0.4, 0.5) is 5.69 Å². The molecule has 9 heteroatoms. The smallest absolute Gasteiger partial charge is 0.274 e. The Hall–Kier alpha value is -4.28. The minimum absolute atomic E-state index is 0.273. The molecule has 0 aromatic heterocycles. The maximum absolute atomic E-state index is 13.1. The highest BCUT2D eigenvalue weighted by atomic mass is 16.5. The number of allylic oxidation sites excluding steroid dienone is 1. The van der Waals surface area contributed by atoms with E-state index in [1.54, 1.807) is 36.2 Å². The number of ether oxygens (including phenoxy) is 2. The number of benzene rings is 2. The van der Waals surface area contributed by atoms with Gasteiger partial charge in [0.2, 0.25) is 0 Å². The molecule has 0 fully saturated rings. The van der Waals surface area contributed by atoms with E-state index in [2.05, 4.69) is 15.3 Å². The van der Waals surface area contributed by atoms with Gasteiger partial charge in [-0.2, -0.15) is 10.4 Å². The molecule has 1 heterocycles. The van der Waals surface area contributed by atoms with E-state index >= 15 is 0 Å². The predicted molar refractivity (Wildman–Crippen MR) is 124 cm³/mol. The predicted octanol–water partition coefficient (Wildman–Crippen LogP) is 4.85. The summed E-state index contributed by atoms with van der Waals surface area (Å²) in [5.41, 5.74) is 2.04. The van der Waals surface area contributed by atoms with Crippen molar-refractivity contribution in [3.63, 3.8) is 0 Å². The number of carbonyl (C=O) groups excluding carboxylic acids is 1. The number of nitriles is 1. The number of nitrogens with zero attached hydrogens (tertiary/aromatic N) is 6. The topological polar surface area (TPSA) is 122 Å². The van der Waals surface area contributed by atoms with Gasteiger partial charge < -0.3 is 14.9 Å². The molecule has 0 spiro atoms. The Kier molecular flexibility index (Phi) is 8.06. The van der Waals surface area contributed by atoms with Gasteiger partial charge in [-0.15, -0.1) is 10.2 Å². The number of carbonyl (C=O) groups is 1. The van der Waals surface area contributed by atoms with Crippen molar-refractivity contribution in [2.75, 3.05) is 19.8 Å². The first kappa shape index (κ1) is 23.4. The zero-order valence-corrected chi connectivity index (χ0v) is 18.5. The summed E-state index contributed by atoms with van der Waals surface area (Å²) in [7, 11) is 0. The Bertz CT molecular complexity index is 1170. The molecule has 0 radical (unpaired) electrons. The standard InChI is InChI=1S/C24H23N6O3/c1-3-32-22-11-10-17(14-23(22)33-4-2)21-9-6-12-30(29-21)24(31)18-7-5-8-19(13-18)27-28-20(15-25)16-26/h5,7-8,10-11,13-14H,3-4,6,9,12H2,1-2H3/q-1. The van der Waals surface area contributed by atoms with Crippen molar-refractivity contribution in [1.82, 2.24) is 5.01 Å². The quantitative estimate of drug-likeness (QED) is 0.328. The highest BCUT2D eigenvalue weighted by Gasteiger charge is 2.22. The molecule has 0 saturated carbocycles. The van der Waals surface area contributed by atoms with Gasteiger partial charge >= 0.3 is 0 Å². The molecule has 168 valence electrons. The molecule has 1 aliphatic heterocycles. The molecule has 0 atom stereocenters. The summed E-state index contributed by atoms with van der Waals surface area (Å²) >= 11 is 0. The van der Waals surface area contributed by atoms with Crippen molar-refractivity contribution in [1.29, 1.82) is 5.26 Å². The second-order valence-corrected chi connectivity index (χ2v) is 6.93. The molecule has 2 aromatic rings. The van der Waals surface area contributed by atoms with Crippen molar-refractivity contribution in [3.8, 4) is 17.6 Å². The second-order valence-electron chi connectivity index (χ2n) is 6.93. The largest absolute Gasteiger partial charge is 0.761 e.